The normalized spacial score (nSPS) is 16.2. The number of amides is 1. The van der Waals surface area contributed by atoms with E-state index in [4.69, 9.17) is 0 Å². The van der Waals surface area contributed by atoms with Crippen LogP contribution in [-0.4, -0.2) is 10.8 Å². The number of rotatable bonds is 1. The van der Waals surface area contributed by atoms with Crippen molar-refractivity contribution >= 4 is 27.9 Å². The average molecular weight is 339 g/mol. The Hall–Kier alpha value is -2.38. The second kappa shape index (κ2) is 5.55. The number of hydrogen-bond acceptors (Lipinski definition) is 2. The van der Waals surface area contributed by atoms with E-state index in [1.807, 2.05) is 42.5 Å². The first-order valence-corrected chi connectivity index (χ1v) is 7.25. The Morgan fingerprint density at radius 3 is 2.62 bits per heavy atom. The van der Waals surface area contributed by atoms with Gasteiger partial charge >= 0.3 is 0 Å². The zero-order valence-electron chi connectivity index (χ0n) is 11.0. The van der Waals surface area contributed by atoms with E-state index in [-0.39, 0.29) is 5.91 Å². The molecule has 0 aliphatic carbocycles. The third-order valence-corrected chi connectivity index (χ3v) is 4.13. The van der Waals surface area contributed by atoms with E-state index in [0.717, 1.165) is 15.6 Å². The number of nitrogens with zero attached hydrogens (tertiary/aromatic N) is 2. The van der Waals surface area contributed by atoms with Crippen molar-refractivity contribution < 1.29 is 4.79 Å². The van der Waals surface area contributed by atoms with Gasteiger partial charge in [0, 0.05) is 16.2 Å². The van der Waals surface area contributed by atoms with Crippen LogP contribution in [0.15, 0.2) is 59.2 Å². The van der Waals surface area contributed by atoms with Crippen molar-refractivity contribution in [3.8, 4) is 6.07 Å². The highest BCUT2D eigenvalue weighted by molar-refractivity contribution is 9.10. The van der Waals surface area contributed by atoms with Crippen LogP contribution in [0.25, 0.3) is 6.08 Å². The quantitative estimate of drug-likeness (QED) is 0.784. The molecule has 3 rings (SSSR count). The molecule has 0 fully saturated rings. The summed E-state index contributed by atoms with van der Waals surface area (Å²) in [7, 11) is 0. The largest absolute Gasteiger partial charge is 0.294 e. The molecule has 4 heteroatoms. The van der Waals surface area contributed by atoms with Crippen LogP contribution in [0.2, 0.25) is 0 Å². The maximum Gasteiger partial charge on any atom is 0.259 e. The highest BCUT2D eigenvalue weighted by Crippen LogP contribution is 2.34. The van der Waals surface area contributed by atoms with Crippen LogP contribution in [0, 0.1) is 11.3 Å². The molecule has 1 aliphatic rings. The van der Waals surface area contributed by atoms with Gasteiger partial charge in [-0.1, -0.05) is 46.3 Å². The molecule has 102 valence electrons. The minimum Gasteiger partial charge on any atom is -0.294 e. The first-order valence-electron chi connectivity index (χ1n) is 6.46. The highest BCUT2D eigenvalue weighted by atomic mass is 79.9. The standard InChI is InChI=1S/C17H11BrN2O/c18-15-8-4-7-14-13(15)9-10-20(16(14)11-19)17(21)12-5-2-1-3-6-12/h1-10,16H. The molecule has 0 aromatic heterocycles. The van der Waals surface area contributed by atoms with Gasteiger partial charge in [0.1, 0.15) is 6.04 Å². The van der Waals surface area contributed by atoms with Gasteiger partial charge in [0.05, 0.1) is 6.07 Å². The van der Waals surface area contributed by atoms with Gasteiger partial charge in [0.25, 0.3) is 5.91 Å². The zero-order chi connectivity index (χ0) is 14.8. The summed E-state index contributed by atoms with van der Waals surface area (Å²) >= 11 is 3.48. The van der Waals surface area contributed by atoms with Gasteiger partial charge < -0.3 is 0 Å². The van der Waals surface area contributed by atoms with Gasteiger partial charge in [0.2, 0.25) is 0 Å². The number of halogens is 1. The molecule has 1 heterocycles. The summed E-state index contributed by atoms with van der Waals surface area (Å²) in [6, 6.07) is 16.3. The molecule has 1 atom stereocenters. The third-order valence-electron chi connectivity index (χ3n) is 3.44. The topological polar surface area (TPSA) is 44.1 Å². The van der Waals surface area contributed by atoms with Gasteiger partial charge in [0.15, 0.2) is 0 Å². The summed E-state index contributed by atoms with van der Waals surface area (Å²) in [6.07, 6.45) is 3.53. The van der Waals surface area contributed by atoms with Gasteiger partial charge in [-0.15, -0.1) is 0 Å². The molecule has 1 aliphatic heterocycles. The summed E-state index contributed by atoms with van der Waals surface area (Å²) < 4.78 is 0.920. The second-order valence-corrected chi connectivity index (χ2v) is 5.52. The van der Waals surface area contributed by atoms with Gasteiger partial charge in [-0.3, -0.25) is 9.69 Å². The van der Waals surface area contributed by atoms with Crippen molar-refractivity contribution in [1.29, 1.82) is 5.26 Å². The summed E-state index contributed by atoms with van der Waals surface area (Å²) in [5, 5.41) is 9.50. The predicted molar refractivity (Wildman–Crippen MR) is 84.1 cm³/mol. The molecule has 0 saturated carbocycles. The van der Waals surface area contributed by atoms with E-state index >= 15 is 0 Å². The van der Waals surface area contributed by atoms with Crippen LogP contribution in [0.1, 0.15) is 27.5 Å². The molecule has 0 N–H and O–H groups in total. The van der Waals surface area contributed by atoms with Crippen LogP contribution in [-0.2, 0) is 0 Å². The smallest absolute Gasteiger partial charge is 0.259 e. The van der Waals surface area contributed by atoms with Crippen LogP contribution >= 0.6 is 15.9 Å². The third kappa shape index (κ3) is 2.37. The summed E-state index contributed by atoms with van der Waals surface area (Å²) in [4.78, 5) is 14.1. The molecule has 21 heavy (non-hydrogen) atoms. The van der Waals surface area contributed by atoms with Crippen molar-refractivity contribution in [1.82, 2.24) is 4.90 Å². The number of benzene rings is 2. The van der Waals surface area contributed by atoms with Crippen LogP contribution < -0.4 is 0 Å². The van der Waals surface area contributed by atoms with E-state index in [9.17, 15) is 10.1 Å². The lowest BCUT2D eigenvalue weighted by molar-refractivity contribution is 0.0794. The Balaban J connectivity index is 2.04. The molecular formula is C17H11BrN2O. The van der Waals surface area contributed by atoms with Crippen LogP contribution in [0.4, 0.5) is 0 Å². The Morgan fingerprint density at radius 2 is 1.90 bits per heavy atom. The van der Waals surface area contributed by atoms with Gasteiger partial charge in [-0.25, -0.2) is 0 Å². The van der Waals surface area contributed by atoms with Crippen molar-refractivity contribution in [3.05, 3.63) is 75.9 Å². The Bertz CT molecular complexity index is 762. The lowest BCUT2D eigenvalue weighted by Crippen LogP contribution is -2.31. The fourth-order valence-electron chi connectivity index (χ4n) is 2.41. The zero-order valence-corrected chi connectivity index (χ0v) is 12.6. The van der Waals surface area contributed by atoms with Crippen LogP contribution in [0.5, 0.6) is 0 Å². The lowest BCUT2D eigenvalue weighted by Gasteiger charge is -2.29. The fourth-order valence-corrected chi connectivity index (χ4v) is 2.92. The minimum atomic E-state index is -0.616. The first-order chi connectivity index (χ1) is 10.2. The van der Waals surface area contributed by atoms with Crippen molar-refractivity contribution in [3.63, 3.8) is 0 Å². The fraction of sp³-hybridized carbons (Fsp3) is 0.0588. The van der Waals surface area contributed by atoms with E-state index in [0.29, 0.717) is 5.56 Å². The molecule has 0 radical (unpaired) electrons. The molecule has 3 nitrogen and oxygen atoms in total. The molecule has 1 amide bonds. The van der Waals surface area contributed by atoms with E-state index < -0.39 is 6.04 Å². The number of fused-ring (bicyclic) bond motifs is 1. The number of nitriles is 1. The summed E-state index contributed by atoms with van der Waals surface area (Å²) in [6.45, 7) is 0. The molecule has 2 aromatic carbocycles. The second-order valence-electron chi connectivity index (χ2n) is 4.67. The van der Waals surface area contributed by atoms with E-state index in [2.05, 4.69) is 22.0 Å². The number of carbonyl (C=O) groups excluding carboxylic acids is 1. The molecule has 0 spiro atoms. The number of hydrogen-bond donors (Lipinski definition) is 0. The average Bonchev–Trinajstić information content (AvgIpc) is 2.54. The van der Waals surface area contributed by atoms with E-state index in [1.54, 1.807) is 18.3 Å². The van der Waals surface area contributed by atoms with Crippen LogP contribution in [0.3, 0.4) is 0 Å². The molecular weight excluding hydrogens is 328 g/mol. The molecule has 0 saturated heterocycles. The molecule has 1 unspecified atom stereocenters. The molecule has 2 aromatic rings. The maximum absolute atomic E-state index is 12.6. The van der Waals surface area contributed by atoms with Crippen molar-refractivity contribution in [2.45, 2.75) is 6.04 Å². The highest BCUT2D eigenvalue weighted by Gasteiger charge is 2.29. The Morgan fingerprint density at radius 1 is 1.14 bits per heavy atom. The van der Waals surface area contributed by atoms with Crippen molar-refractivity contribution in [2.24, 2.45) is 0 Å². The van der Waals surface area contributed by atoms with Gasteiger partial charge in [-0.05, 0) is 35.4 Å². The Kier molecular flexibility index (Phi) is 3.59. The Labute approximate surface area is 131 Å². The minimum absolute atomic E-state index is 0.177. The monoisotopic (exact) mass is 338 g/mol. The van der Waals surface area contributed by atoms with Crippen molar-refractivity contribution in [2.75, 3.05) is 0 Å². The summed E-state index contributed by atoms with van der Waals surface area (Å²) in [5.74, 6) is -0.177. The van der Waals surface area contributed by atoms with E-state index in [1.165, 1.54) is 4.90 Å². The number of carbonyl (C=O) groups is 1. The predicted octanol–water partition coefficient (Wildman–Crippen LogP) is 4.14. The SMILES string of the molecule is N#CC1c2cccc(Br)c2C=CN1C(=O)c1ccccc1. The molecule has 0 bridgehead atoms. The first kappa shape index (κ1) is 13.6. The summed E-state index contributed by atoms with van der Waals surface area (Å²) in [5.41, 5.74) is 2.35. The maximum atomic E-state index is 12.6. The van der Waals surface area contributed by atoms with Gasteiger partial charge in [-0.2, -0.15) is 5.26 Å². The lowest BCUT2D eigenvalue weighted by atomic mass is 9.96.